The van der Waals surface area contributed by atoms with Gasteiger partial charge in [0.05, 0.1) is 34.8 Å². The SMILES string of the molecule is COC(=O)c1ccc(S(=O)(=O)N2CC(S(=O)(=O)c3ccc(OC)cc3)C2)cc1. The number of sulfone groups is 1. The molecule has 0 unspecified atom stereocenters. The van der Waals surface area contributed by atoms with Crippen LogP contribution < -0.4 is 4.74 Å². The summed E-state index contributed by atoms with van der Waals surface area (Å²) in [4.78, 5) is 11.6. The molecule has 1 fully saturated rings. The van der Waals surface area contributed by atoms with Gasteiger partial charge in [-0.2, -0.15) is 4.31 Å². The van der Waals surface area contributed by atoms with Crippen molar-refractivity contribution in [1.29, 1.82) is 0 Å². The summed E-state index contributed by atoms with van der Waals surface area (Å²) in [7, 11) is -4.77. The topological polar surface area (TPSA) is 107 Å². The maximum absolute atomic E-state index is 12.7. The van der Waals surface area contributed by atoms with Gasteiger partial charge in [-0.05, 0) is 48.5 Å². The Morgan fingerprint density at radius 2 is 1.43 bits per heavy atom. The molecule has 0 aliphatic carbocycles. The molecule has 1 aliphatic heterocycles. The molecular weight excluding hydrogens is 406 g/mol. The van der Waals surface area contributed by atoms with Gasteiger partial charge < -0.3 is 9.47 Å². The average molecular weight is 425 g/mol. The summed E-state index contributed by atoms with van der Waals surface area (Å²) in [5.41, 5.74) is 0.227. The largest absolute Gasteiger partial charge is 0.497 e. The number of methoxy groups -OCH3 is 2. The third-order valence-electron chi connectivity index (χ3n) is 4.55. The van der Waals surface area contributed by atoms with Crippen molar-refractivity contribution in [2.24, 2.45) is 0 Å². The van der Waals surface area contributed by atoms with Crippen molar-refractivity contribution in [2.45, 2.75) is 15.0 Å². The normalized spacial score (nSPS) is 15.6. The molecule has 0 saturated carbocycles. The highest BCUT2D eigenvalue weighted by molar-refractivity contribution is 7.92. The fourth-order valence-electron chi connectivity index (χ4n) is 2.78. The Bertz CT molecular complexity index is 1070. The predicted molar refractivity (Wildman–Crippen MR) is 101 cm³/mol. The van der Waals surface area contributed by atoms with Gasteiger partial charge in [-0.25, -0.2) is 21.6 Å². The summed E-state index contributed by atoms with van der Waals surface area (Å²) in [6.45, 7) is -0.259. The number of hydrogen-bond donors (Lipinski definition) is 0. The van der Waals surface area contributed by atoms with Crippen LogP contribution in [-0.2, 0) is 24.6 Å². The number of ether oxygens (including phenoxy) is 2. The lowest BCUT2D eigenvalue weighted by Gasteiger charge is -2.37. The molecule has 2 aromatic carbocycles. The number of carbonyl (C=O) groups excluding carboxylic acids is 1. The third kappa shape index (κ3) is 3.62. The average Bonchev–Trinajstić information content (AvgIpc) is 2.65. The fraction of sp³-hybridized carbons (Fsp3) is 0.278. The molecular formula is C18H19NO7S2. The van der Waals surface area contributed by atoms with Crippen LogP contribution in [0.2, 0.25) is 0 Å². The first-order chi connectivity index (χ1) is 13.2. The Labute approximate surface area is 163 Å². The summed E-state index contributed by atoms with van der Waals surface area (Å²) in [5, 5.41) is -0.815. The number of carbonyl (C=O) groups is 1. The second-order valence-corrected chi connectivity index (χ2v) is 10.3. The lowest BCUT2D eigenvalue weighted by atomic mass is 10.2. The molecule has 1 saturated heterocycles. The number of benzene rings is 2. The van der Waals surface area contributed by atoms with E-state index in [4.69, 9.17) is 4.74 Å². The molecule has 0 bridgehead atoms. The van der Waals surface area contributed by atoms with Crippen molar-refractivity contribution < 1.29 is 31.1 Å². The van der Waals surface area contributed by atoms with Gasteiger partial charge in [0, 0.05) is 13.1 Å². The van der Waals surface area contributed by atoms with E-state index in [2.05, 4.69) is 4.74 Å². The Balaban J connectivity index is 1.73. The Morgan fingerprint density at radius 3 is 1.93 bits per heavy atom. The number of sulfonamides is 1. The lowest BCUT2D eigenvalue weighted by Crippen LogP contribution is -2.56. The molecule has 0 amide bonds. The second kappa shape index (κ2) is 7.53. The molecule has 0 radical (unpaired) electrons. The Morgan fingerprint density at radius 1 is 0.893 bits per heavy atom. The van der Waals surface area contributed by atoms with Crippen LogP contribution >= 0.6 is 0 Å². The van der Waals surface area contributed by atoms with Crippen molar-refractivity contribution in [3.8, 4) is 5.75 Å². The van der Waals surface area contributed by atoms with Crippen molar-refractivity contribution in [3.63, 3.8) is 0 Å². The molecule has 0 N–H and O–H groups in total. The van der Waals surface area contributed by atoms with E-state index in [1.54, 1.807) is 12.1 Å². The molecule has 0 spiro atoms. The maximum Gasteiger partial charge on any atom is 0.337 e. The highest BCUT2D eigenvalue weighted by Gasteiger charge is 2.44. The number of hydrogen-bond acceptors (Lipinski definition) is 7. The molecule has 3 rings (SSSR count). The van der Waals surface area contributed by atoms with Crippen LogP contribution in [0.1, 0.15) is 10.4 Å². The number of nitrogens with zero attached hydrogens (tertiary/aromatic N) is 1. The van der Waals surface area contributed by atoms with Gasteiger partial charge in [0.15, 0.2) is 9.84 Å². The van der Waals surface area contributed by atoms with Gasteiger partial charge in [0.25, 0.3) is 0 Å². The van der Waals surface area contributed by atoms with Gasteiger partial charge >= 0.3 is 5.97 Å². The van der Waals surface area contributed by atoms with E-state index < -0.39 is 31.1 Å². The summed E-state index contributed by atoms with van der Waals surface area (Å²) in [5.74, 6) is -0.0364. The minimum atomic E-state index is -3.84. The Hall–Kier alpha value is -2.43. The van der Waals surface area contributed by atoms with Crippen LogP contribution in [0.15, 0.2) is 58.3 Å². The van der Waals surface area contributed by atoms with Gasteiger partial charge in [-0.1, -0.05) is 0 Å². The summed E-state index contributed by atoms with van der Waals surface area (Å²) in [6, 6.07) is 11.3. The van der Waals surface area contributed by atoms with Crippen molar-refractivity contribution in [3.05, 3.63) is 54.1 Å². The zero-order valence-electron chi connectivity index (χ0n) is 15.2. The minimum absolute atomic E-state index is 0.0135. The molecule has 10 heteroatoms. The smallest absolute Gasteiger partial charge is 0.337 e. The first kappa shape index (κ1) is 20.3. The fourth-order valence-corrected chi connectivity index (χ4v) is 6.15. The van der Waals surface area contributed by atoms with E-state index >= 15 is 0 Å². The molecule has 1 heterocycles. The van der Waals surface area contributed by atoms with Crippen LogP contribution in [0, 0.1) is 0 Å². The zero-order valence-corrected chi connectivity index (χ0v) is 16.9. The summed E-state index contributed by atoms with van der Waals surface area (Å²) in [6.07, 6.45) is 0. The van der Waals surface area contributed by atoms with Crippen LogP contribution in [0.25, 0.3) is 0 Å². The summed E-state index contributed by atoms with van der Waals surface area (Å²) < 4.78 is 61.3. The number of rotatable bonds is 6. The minimum Gasteiger partial charge on any atom is -0.497 e. The lowest BCUT2D eigenvalue weighted by molar-refractivity contribution is 0.0600. The van der Waals surface area contributed by atoms with E-state index in [-0.39, 0.29) is 28.4 Å². The quantitative estimate of drug-likeness (QED) is 0.643. The van der Waals surface area contributed by atoms with Gasteiger partial charge in [0.2, 0.25) is 10.0 Å². The maximum atomic E-state index is 12.7. The molecule has 8 nitrogen and oxygen atoms in total. The van der Waals surface area contributed by atoms with E-state index in [0.717, 1.165) is 4.31 Å². The molecule has 2 aromatic rings. The van der Waals surface area contributed by atoms with E-state index in [1.165, 1.54) is 50.6 Å². The highest BCUT2D eigenvalue weighted by Crippen LogP contribution is 2.29. The second-order valence-electron chi connectivity index (χ2n) is 6.18. The van der Waals surface area contributed by atoms with Crippen LogP contribution in [0.4, 0.5) is 0 Å². The first-order valence-corrected chi connectivity index (χ1v) is 11.3. The van der Waals surface area contributed by atoms with E-state index in [0.29, 0.717) is 5.75 Å². The van der Waals surface area contributed by atoms with Gasteiger partial charge in [-0.3, -0.25) is 0 Å². The summed E-state index contributed by atoms with van der Waals surface area (Å²) >= 11 is 0. The van der Waals surface area contributed by atoms with E-state index in [9.17, 15) is 21.6 Å². The molecule has 0 aromatic heterocycles. The van der Waals surface area contributed by atoms with E-state index in [1.807, 2.05) is 0 Å². The van der Waals surface area contributed by atoms with Crippen molar-refractivity contribution in [1.82, 2.24) is 4.31 Å². The zero-order chi connectivity index (χ0) is 20.5. The Kier molecular flexibility index (Phi) is 5.46. The van der Waals surface area contributed by atoms with Crippen LogP contribution in [0.5, 0.6) is 5.75 Å². The standard InChI is InChI=1S/C18H19NO7S2/c1-25-14-5-9-15(10-6-14)27(21,22)17-11-19(12-17)28(23,24)16-7-3-13(4-8-16)18(20)26-2/h3-10,17H,11-12H2,1-2H3. The molecule has 28 heavy (non-hydrogen) atoms. The molecule has 150 valence electrons. The molecule has 0 atom stereocenters. The van der Waals surface area contributed by atoms with Crippen molar-refractivity contribution >= 4 is 25.8 Å². The monoisotopic (exact) mass is 425 g/mol. The van der Waals surface area contributed by atoms with Crippen LogP contribution in [0.3, 0.4) is 0 Å². The third-order valence-corrected chi connectivity index (χ3v) is 8.51. The van der Waals surface area contributed by atoms with Gasteiger partial charge in [0.1, 0.15) is 5.75 Å². The molecule has 1 aliphatic rings. The van der Waals surface area contributed by atoms with Gasteiger partial charge in [-0.15, -0.1) is 0 Å². The van der Waals surface area contributed by atoms with Crippen LogP contribution in [-0.4, -0.2) is 59.7 Å². The van der Waals surface area contributed by atoms with Crippen molar-refractivity contribution in [2.75, 3.05) is 27.3 Å². The first-order valence-electron chi connectivity index (χ1n) is 8.26. The number of esters is 1. The predicted octanol–water partition coefficient (Wildman–Crippen LogP) is 1.33. The highest BCUT2D eigenvalue weighted by atomic mass is 32.2.